The third-order valence-corrected chi connectivity index (χ3v) is 10.8. The van der Waals surface area contributed by atoms with Gasteiger partial charge in [-0.15, -0.1) is 0 Å². The molecule has 1 unspecified atom stereocenters. The Labute approximate surface area is 182 Å². The molecule has 0 saturated heterocycles. The molecule has 10 atom stereocenters. The number of carbonyl (C=O) groups is 2. The summed E-state index contributed by atoms with van der Waals surface area (Å²) in [6.45, 7) is 8.93. The fourth-order valence-corrected chi connectivity index (χ4v) is 9.47. The molecule has 0 aliphatic heterocycles. The minimum absolute atomic E-state index is 0.00935. The van der Waals surface area contributed by atoms with E-state index in [9.17, 15) is 14.7 Å². The topological polar surface area (TPSA) is 74.6 Å². The molecular weight excluding hydrogens is 376 g/mol. The predicted molar refractivity (Wildman–Crippen MR) is 117 cm³/mol. The Hall–Kier alpha value is -0.900. The first-order valence-electron chi connectivity index (χ1n) is 12.5. The lowest BCUT2D eigenvalue weighted by Gasteiger charge is -2.63. The fourth-order valence-electron chi connectivity index (χ4n) is 9.47. The molecule has 0 amide bonds. The highest BCUT2D eigenvalue weighted by Crippen LogP contribution is 2.69. The third kappa shape index (κ3) is 3.36. The summed E-state index contributed by atoms with van der Waals surface area (Å²) < 4.78 is 0. The second-order valence-corrected chi connectivity index (χ2v) is 11.9. The van der Waals surface area contributed by atoms with Crippen molar-refractivity contribution < 1.29 is 19.8 Å². The summed E-state index contributed by atoms with van der Waals surface area (Å²) in [6, 6.07) is 0. The molecule has 0 aromatic rings. The summed E-state index contributed by atoms with van der Waals surface area (Å²) in [5, 5.41) is 19.6. The van der Waals surface area contributed by atoms with E-state index in [-0.39, 0.29) is 29.6 Å². The number of ketones is 1. The first kappa shape index (κ1) is 22.3. The zero-order valence-corrected chi connectivity index (χ0v) is 19.4. The molecule has 170 valence electrons. The maximum Gasteiger partial charge on any atom is 0.303 e. The Balaban J connectivity index is 1.58. The molecule has 30 heavy (non-hydrogen) atoms. The van der Waals surface area contributed by atoms with Crippen LogP contribution in [0, 0.1) is 52.3 Å². The van der Waals surface area contributed by atoms with Gasteiger partial charge in [0.15, 0.2) is 0 Å². The van der Waals surface area contributed by atoms with Crippen LogP contribution >= 0.6 is 0 Å². The largest absolute Gasteiger partial charge is 0.481 e. The van der Waals surface area contributed by atoms with E-state index >= 15 is 0 Å². The summed E-state index contributed by atoms with van der Waals surface area (Å²) in [5.41, 5.74) is 0.366. The van der Waals surface area contributed by atoms with E-state index in [1.165, 1.54) is 32.1 Å². The van der Waals surface area contributed by atoms with Gasteiger partial charge in [-0.2, -0.15) is 0 Å². The number of carbonyl (C=O) groups excluding carboxylic acids is 1. The van der Waals surface area contributed by atoms with Gasteiger partial charge in [-0.3, -0.25) is 9.59 Å². The van der Waals surface area contributed by atoms with Gasteiger partial charge in [0.05, 0.1) is 6.10 Å². The summed E-state index contributed by atoms with van der Waals surface area (Å²) in [4.78, 5) is 23.8. The van der Waals surface area contributed by atoms with Crippen LogP contribution in [0.3, 0.4) is 0 Å². The van der Waals surface area contributed by atoms with Crippen LogP contribution < -0.4 is 0 Å². The van der Waals surface area contributed by atoms with E-state index < -0.39 is 5.97 Å². The molecule has 4 aliphatic carbocycles. The molecule has 2 N–H and O–H groups in total. The van der Waals surface area contributed by atoms with Crippen LogP contribution in [0.4, 0.5) is 0 Å². The van der Waals surface area contributed by atoms with Crippen molar-refractivity contribution in [2.75, 3.05) is 0 Å². The predicted octanol–water partition coefficient (Wildman–Crippen LogP) is 5.32. The first-order valence-corrected chi connectivity index (χ1v) is 12.5. The molecule has 4 fully saturated rings. The molecule has 0 aromatic carbocycles. The summed E-state index contributed by atoms with van der Waals surface area (Å²) in [6.07, 6.45) is 9.63. The van der Waals surface area contributed by atoms with Crippen molar-refractivity contribution >= 4 is 11.8 Å². The van der Waals surface area contributed by atoms with Gasteiger partial charge in [0.2, 0.25) is 0 Å². The van der Waals surface area contributed by atoms with Gasteiger partial charge in [0.1, 0.15) is 5.78 Å². The zero-order chi connectivity index (χ0) is 21.8. The number of aliphatic hydroxyl groups is 1. The maximum absolute atomic E-state index is 12.7. The first-order chi connectivity index (χ1) is 14.1. The van der Waals surface area contributed by atoms with Gasteiger partial charge >= 0.3 is 5.97 Å². The number of carboxylic acid groups (broad SMARTS) is 1. The third-order valence-electron chi connectivity index (χ3n) is 10.8. The number of Topliss-reactive ketones (excluding diaryl/α,β-unsaturated/α-hetero) is 1. The van der Waals surface area contributed by atoms with Gasteiger partial charge in [0.25, 0.3) is 0 Å². The van der Waals surface area contributed by atoms with Crippen molar-refractivity contribution in [3.8, 4) is 0 Å². The van der Waals surface area contributed by atoms with Crippen LogP contribution in [0.2, 0.25) is 0 Å². The molecule has 4 saturated carbocycles. The van der Waals surface area contributed by atoms with Crippen LogP contribution in [-0.2, 0) is 9.59 Å². The van der Waals surface area contributed by atoms with Gasteiger partial charge in [-0.1, -0.05) is 20.8 Å². The quantitative estimate of drug-likeness (QED) is 0.633. The number of hydrogen-bond acceptors (Lipinski definition) is 3. The SMILES string of the molecule is CC(=O)C1C[C@@H](O)C[C@H]2CC[C@H]3[C@@H]4CC[C@H]([C@H](C)CCC(=O)O)[C@@]4(C)CC[C@@H]3[C@@]12C. The van der Waals surface area contributed by atoms with Crippen LogP contribution in [-0.4, -0.2) is 28.1 Å². The average molecular weight is 419 g/mol. The van der Waals surface area contributed by atoms with Crippen LogP contribution in [0.1, 0.15) is 91.9 Å². The maximum atomic E-state index is 12.7. The Kier molecular flexibility index (Phi) is 5.87. The fraction of sp³-hybridized carbons (Fsp3) is 0.923. The van der Waals surface area contributed by atoms with Crippen molar-refractivity contribution in [1.82, 2.24) is 0 Å². The van der Waals surface area contributed by atoms with E-state index in [2.05, 4.69) is 20.8 Å². The molecule has 4 rings (SSSR count). The lowest BCUT2D eigenvalue weighted by molar-refractivity contribution is -0.167. The van der Waals surface area contributed by atoms with Gasteiger partial charge < -0.3 is 10.2 Å². The van der Waals surface area contributed by atoms with Crippen LogP contribution in [0.5, 0.6) is 0 Å². The number of carboxylic acids is 1. The van der Waals surface area contributed by atoms with Gasteiger partial charge in [0, 0.05) is 12.3 Å². The van der Waals surface area contributed by atoms with Crippen molar-refractivity contribution in [3.63, 3.8) is 0 Å². The summed E-state index contributed by atoms with van der Waals surface area (Å²) in [7, 11) is 0. The highest BCUT2D eigenvalue weighted by atomic mass is 16.4. The second-order valence-electron chi connectivity index (χ2n) is 11.9. The molecule has 4 aliphatic rings. The second kappa shape index (κ2) is 7.90. The number of hydrogen-bond donors (Lipinski definition) is 2. The molecule has 0 aromatic heterocycles. The van der Waals surface area contributed by atoms with E-state index in [4.69, 9.17) is 5.11 Å². The minimum atomic E-state index is -0.675. The standard InChI is InChI=1S/C26H42O4/c1-15(5-10-24(29)30)20-8-9-21-19-7-6-17-13-18(28)14-23(16(2)27)26(17,4)22(19)11-12-25(20,21)3/h15,17-23,28H,5-14H2,1-4H3,(H,29,30)/t15-,17-,18+,19+,20-,21+,22+,23?,25-,26+/m1/s1. The molecule has 0 spiro atoms. The smallest absolute Gasteiger partial charge is 0.303 e. The normalized spacial score (nSPS) is 48.9. The highest BCUT2D eigenvalue weighted by Gasteiger charge is 2.63. The van der Waals surface area contributed by atoms with Crippen molar-refractivity contribution in [2.45, 2.75) is 98.0 Å². The lowest BCUT2D eigenvalue weighted by Crippen LogP contribution is -2.58. The van der Waals surface area contributed by atoms with E-state index in [1.54, 1.807) is 6.92 Å². The Morgan fingerprint density at radius 3 is 2.43 bits per heavy atom. The van der Waals surface area contributed by atoms with Crippen LogP contribution in [0.15, 0.2) is 0 Å². The van der Waals surface area contributed by atoms with Gasteiger partial charge in [-0.25, -0.2) is 0 Å². The molecule has 4 nitrogen and oxygen atoms in total. The number of rotatable bonds is 5. The van der Waals surface area contributed by atoms with Crippen LogP contribution in [0.25, 0.3) is 0 Å². The molecular formula is C26H42O4. The minimum Gasteiger partial charge on any atom is -0.481 e. The van der Waals surface area contributed by atoms with Crippen molar-refractivity contribution in [1.29, 1.82) is 0 Å². The van der Waals surface area contributed by atoms with Gasteiger partial charge in [-0.05, 0) is 111 Å². The highest BCUT2D eigenvalue weighted by molar-refractivity contribution is 5.79. The summed E-state index contributed by atoms with van der Waals surface area (Å²) in [5.74, 6) is 3.20. The van der Waals surface area contributed by atoms with E-state index in [0.717, 1.165) is 19.3 Å². The number of aliphatic hydroxyl groups excluding tert-OH is 1. The number of fused-ring (bicyclic) bond motifs is 5. The van der Waals surface area contributed by atoms with E-state index in [0.29, 0.717) is 47.3 Å². The average Bonchev–Trinajstić information content (AvgIpc) is 3.03. The monoisotopic (exact) mass is 418 g/mol. The lowest BCUT2D eigenvalue weighted by atomic mass is 9.42. The Bertz CT molecular complexity index is 689. The molecule has 4 heteroatoms. The van der Waals surface area contributed by atoms with Crippen molar-refractivity contribution in [2.24, 2.45) is 52.3 Å². The molecule has 0 radical (unpaired) electrons. The van der Waals surface area contributed by atoms with E-state index in [1.807, 2.05) is 0 Å². The molecule has 0 bridgehead atoms. The summed E-state index contributed by atoms with van der Waals surface area (Å²) >= 11 is 0. The molecule has 0 heterocycles. The Morgan fingerprint density at radius 1 is 1.03 bits per heavy atom. The number of aliphatic carboxylic acids is 1. The van der Waals surface area contributed by atoms with Crippen molar-refractivity contribution in [3.05, 3.63) is 0 Å². The zero-order valence-electron chi connectivity index (χ0n) is 19.4. The Morgan fingerprint density at radius 2 is 1.77 bits per heavy atom.